The lowest BCUT2D eigenvalue weighted by Crippen LogP contribution is -2.40. The third kappa shape index (κ3) is 5.08. The van der Waals surface area contributed by atoms with Crippen LogP contribution >= 0.6 is 0 Å². The van der Waals surface area contributed by atoms with Gasteiger partial charge in [-0.05, 0) is 31.2 Å². The van der Waals surface area contributed by atoms with Gasteiger partial charge in [-0.25, -0.2) is 0 Å². The number of unbranched alkanes of at least 4 members (excludes halogenated alkanes) is 1. The second-order valence-corrected chi connectivity index (χ2v) is 7.26. The summed E-state index contributed by atoms with van der Waals surface area (Å²) in [7, 11) is -4.07. The molecule has 6 nitrogen and oxygen atoms in total. The standard InChI is InChI=1S/C15H22N2O4S/c18-15(14-10-13(11-17-14)22(19,20)21)16-9-5-4-8-12-6-2-1-3-7-12/h1-3,6-7,13-14,17H,4-5,8-11H2,(H,16,18)(H,19,20,21)/t13-,14+/m1/s1. The molecule has 2 rings (SSSR count). The maximum Gasteiger partial charge on any atom is 0.269 e. The SMILES string of the molecule is O=C(NCCCCc1ccccc1)[C@@H]1C[C@@H](S(=O)(=O)O)CN1. The van der Waals surface area contributed by atoms with Gasteiger partial charge in [-0.2, -0.15) is 8.42 Å². The number of benzene rings is 1. The average Bonchev–Trinajstić information content (AvgIpc) is 2.98. The molecule has 0 spiro atoms. The smallest absolute Gasteiger partial charge is 0.269 e. The first kappa shape index (κ1) is 16.9. The van der Waals surface area contributed by atoms with E-state index in [1.807, 2.05) is 18.2 Å². The van der Waals surface area contributed by atoms with Crippen LogP contribution in [0.25, 0.3) is 0 Å². The summed E-state index contributed by atoms with van der Waals surface area (Å²) in [5, 5.41) is 4.75. The highest BCUT2D eigenvalue weighted by molar-refractivity contribution is 7.86. The number of carbonyl (C=O) groups excluding carboxylic acids is 1. The zero-order valence-corrected chi connectivity index (χ0v) is 13.2. The minimum absolute atomic E-state index is 0.116. The van der Waals surface area contributed by atoms with E-state index in [0.29, 0.717) is 6.54 Å². The fourth-order valence-corrected chi connectivity index (χ4v) is 3.31. The molecule has 1 aliphatic rings. The van der Waals surface area contributed by atoms with Gasteiger partial charge in [0.15, 0.2) is 0 Å². The maximum absolute atomic E-state index is 11.9. The zero-order valence-electron chi connectivity index (χ0n) is 12.4. The van der Waals surface area contributed by atoms with Crippen LogP contribution in [0, 0.1) is 0 Å². The monoisotopic (exact) mass is 326 g/mol. The van der Waals surface area contributed by atoms with E-state index in [0.717, 1.165) is 19.3 Å². The van der Waals surface area contributed by atoms with Crippen molar-refractivity contribution in [3.63, 3.8) is 0 Å². The summed E-state index contributed by atoms with van der Waals surface area (Å²) in [6.45, 7) is 0.686. The van der Waals surface area contributed by atoms with Gasteiger partial charge in [0.05, 0.1) is 6.04 Å². The van der Waals surface area contributed by atoms with Crippen molar-refractivity contribution in [2.45, 2.75) is 37.0 Å². The number of amides is 1. The summed E-state index contributed by atoms with van der Waals surface area (Å²) < 4.78 is 31.0. The van der Waals surface area contributed by atoms with Gasteiger partial charge in [-0.3, -0.25) is 9.35 Å². The molecular weight excluding hydrogens is 304 g/mol. The lowest BCUT2D eigenvalue weighted by atomic mass is 10.1. The van der Waals surface area contributed by atoms with Crippen LogP contribution in [-0.2, 0) is 21.3 Å². The van der Waals surface area contributed by atoms with E-state index in [-0.39, 0.29) is 18.9 Å². The minimum Gasteiger partial charge on any atom is -0.355 e. The molecule has 1 aliphatic heterocycles. The van der Waals surface area contributed by atoms with Gasteiger partial charge in [0.25, 0.3) is 10.1 Å². The molecule has 1 amide bonds. The molecule has 2 atom stereocenters. The van der Waals surface area contributed by atoms with Crippen LogP contribution < -0.4 is 10.6 Å². The number of aryl methyl sites for hydroxylation is 1. The van der Waals surface area contributed by atoms with Gasteiger partial charge in [-0.15, -0.1) is 0 Å². The normalized spacial score (nSPS) is 21.7. The highest BCUT2D eigenvalue weighted by Gasteiger charge is 2.36. The largest absolute Gasteiger partial charge is 0.355 e. The molecule has 1 heterocycles. The molecule has 0 bridgehead atoms. The summed E-state index contributed by atoms with van der Waals surface area (Å²) in [5.74, 6) is -0.203. The van der Waals surface area contributed by atoms with Crippen LogP contribution in [0.1, 0.15) is 24.8 Å². The van der Waals surface area contributed by atoms with Crippen LogP contribution in [-0.4, -0.2) is 43.3 Å². The Morgan fingerprint density at radius 2 is 2.00 bits per heavy atom. The van der Waals surface area contributed by atoms with Gasteiger partial charge in [-0.1, -0.05) is 30.3 Å². The van der Waals surface area contributed by atoms with Crippen molar-refractivity contribution >= 4 is 16.0 Å². The van der Waals surface area contributed by atoms with Crippen molar-refractivity contribution < 1.29 is 17.8 Å². The summed E-state index contributed by atoms with van der Waals surface area (Å²) in [6, 6.07) is 9.62. The molecule has 1 fully saturated rings. The van der Waals surface area contributed by atoms with Gasteiger partial charge in [0.2, 0.25) is 5.91 Å². The quantitative estimate of drug-likeness (QED) is 0.507. The highest BCUT2D eigenvalue weighted by Crippen LogP contribution is 2.14. The van der Waals surface area contributed by atoms with Crippen LogP contribution in [0.4, 0.5) is 0 Å². The van der Waals surface area contributed by atoms with Crippen LogP contribution in [0.3, 0.4) is 0 Å². The molecule has 1 aromatic carbocycles. The van der Waals surface area contributed by atoms with E-state index in [2.05, 4.69) is 22.8 Å². The summed E-state index contributed by atoms with van der Waals surface area (Å²) in [6.07, 6.45) is 2.95. The van der Waals surface area contributed by atoms with Gasteiger partial charge >= 0.3 is 0 Å². The molecule has 0 radical (unpaired) electrons. The molecule has 0 unspecified atom stereocenters. The van der Waals surface area contributed by atoms with E-state index in [9.17, 15) is 13.2 Å². The summed E-state index contributed by atoms with van der Waals surface area (Å²) in [4.78, 5) is 11.9. The van der Waals surface area contributed by atoms with Crippen molar-refractivity contribution in [1.82, 2.24) is 10.6 Å². The Labute approximate surface area is 131 Å². The Kier molecular flexibility index (Phi) is 5.93. The van der Waals surface area contributed by atoms with Crippen molar-refractivity contribution in [2.24, 2.45) is 0 Å². The minimum atomic E-state index is -4.07. The second kappa shape index (κ2) is 7.71. The number of carbonyl (C=O) groups is 1. The lowest BCUT2D eigenvalue weighted by molar-refractivity contribution is -0.122. The Morgan fingerprint density at radius 3 is 2.64 bits per heavy atom. The summed E-state index contributed by atoms with van der Waals surface area (Å²) >= 11 is 0. The van der Waals surface area contributed by atoms with E-state index >= 15 is 0 Å². The summed E-state index contributed by atoms with van der Waals surface area (Å²) in [5.41, 5.74) is 1.28. The Balaban J connectivity index is 1.62. The molecule has 3 N–H and O–H groups in total. The van der Waals surface area contributed by atoms with Gasteiger partial charge < -0.3 is 10.6 Å². The van der Waals surface area contributed by atoms with Crippen molar-refractivity contribution in [1.29, 1.82) is 0 Å². The number of hydrogen-bond acceptors (Lipinski definition) is 4. The van der Waals surface area contributed by atoms with Crippen molar-refractivity contribution in [3.05, 3.63) is 35.9 Å². The molecule has 22 heavy (non-hydrogen) atoms. The molecule has 1 aromatic rings. The Bertz CT molecular complexity index is 589. The molecule has 1 saturated heterocycles. The first-order chi connectivity index (χ1) is 10.5. The predicted molar refractivity (Wildman–Crippen MR) is 84.1 cm³/mol. The number of rotatable bonds is 7. The maximum atomic E-state index is 11.9. The first-order valence-electron chi connectivity index (χ1n) is 7.48. The second-order valence-electron chi connectivity index (χ2n) is 5.57. The predicted octanol–water partition coefficient (Wildman–Crippen LogP) is 0.744. The van der Waals surface area contributed by atoms with Gasteiger partial charge in [0.1, 0.15) is 5.25 Å². The van der Waals surface area contributed by atoms with Crippen molar-refractivity contribution in [2.75, 3.05) is 13.1 Å². The molecule has 0 aromatic heterocycles. The van der Waals surface area contributed by atoms with E-state index < -0.39 is 21.4 Å². The van der Waals surface area contributed by atoms with Crippen molar-refractivity contribution in [3.8, 4) is 0 Å². The van der Waals surface area contributed by atoms with Crippen LogP contribution in [0.5, 0.6) is 0 Å². The molecule has 122 valence electrons. The zero-order chi connectivity index (χ0) is 16.0. The fraction of sp³-hybridized carbons (Fsp3) is 0.533. The molecule has 7 heteroatoms. The molecule has 0 aliphatic carbocycles. The van der Waals surface area contributed by atoms with E-state index in [1.54, 1.807) is 0 Å². The Morgan fingerprint density at radius 1 is 1.27 bits per heavy atom. The lowest BCUT2D eigenvalue weighted by Gasteiger charge is -2.11. The van der Waals surface area contributed by atoms with Gasteiger partial charge in [0, 0.05) is 13.1 Å². The van der Waals surface area contributed by atoms with Crippen LogP contribution in [0.15, 0.2) is 30.3 Å². The van der Waals surface area contributed by atoms with E-state index in [4.69, 9.17) is 4.55 Å². The molecular formula is C15H22N2O4S. The number of nitrogens with one attached hydrogen (secondary N) is 2. The fourth-order valence-electron chi connectivity index (χ4n) is 2.56. The first-order valence-corrected chi connectivity index (χ1v) is 8.98. The third-order valence-electron chi connectivity index (χ3n) is 3.86. The number of hydrogen-bond donors (Lipinski definition) is 3. The van der Waals surface area contributed by atoms with Crippen LogP contribution in [0.2, 0.25) is 0 Å². The molecule has 0 saturated carbocycles. The third-order valence-corrected chi connectivity index (χ3v) is 5.06. The Hall–Kier alpha value is -1.44. The van der Waals surface area contributed by atoms with E-state index in [1.165, 1.54) is 5.56 Å². The topological polar surface area (TPSA) is 95.5 Å². The average molecular weight is 326 g/mol. The highest BCUT2D eigenvalue weighted by atomic mass is 32.2.